The Morgan fingerprint density at radius 1 is 1.12 bits per heavy atom. The lowest BCUT2D eigenvalue weighted by Gasteiger charge is -2.66. The standard InChI is InChI=1S/C32H47NO8/c1-4-13-33-18-30-10-5-21(41-27-15-25(34)28(36)19(2)40-27)16-31(30,37)11-7-24-23(30)6-9-29(3)22(8-12-32(24,29)38)20-14-26(35)39-17-20/h4,14,18-19,21-25,27-28,34,36-38H,1,5-13,15-17H2,2-3H3/t19-,21+,22-,23+,24-,25+,27-,28-,29-,30+,31+,32+/m1/s1. The summed E-state index contributed by atoms with van der Waals surface area (Å²) in [5, 5.41) is 45.4. The van der Waals surface area contributed by atoms with Gasteiger partial charge < -0.3 is 34.6 Å². The molecule has 1 saturated heterocycles. The van der Waals surface area contributed by atoms with Gasteiger partial charge in [0.15, 0.2) is 6.29 Å². The van der Waals surface area contributed by atoms with E-state index in [0.29, 0.717) is 51.7 Å². The molecule has 5 fully saturated rings. The second-order valence-corrected chi connectivity index (χ2v) is 14.0. The highest BCUT2D eigenvalue weighted by Gasteiger charge is 2.71. The molecule has 0 aromatic carbocycles. The van der Waals surface area contributed by atoms with Crippen molar-refractivity contribution < 1.29 is 39.4 Å². The molecule has 41 heavy (non-hydrogen) atoms. The van der Waals surface area contributed by atoms with Crippen LogP contribution in [0.1, 0.15) is 78.1 Å². The number of aliphatic imine (C=N–C) groups is 1. The second kappa shape index (κ2) is 10.5. The molecule has 0 radical (unpaired) electrons. The van der Waals surface area contributed by atoms with Crippen LogP contribution in [0.25, 0.3) is 0 Å². The van der Waals surface area contributed by atoms with E-state index in [9.17, 15) is 25.2 Å². The van der Waals surface area contributed by atoms with Crippen molar-refractivity contribution in [1.29, 1.82) is 0 Å². The molecule has 6 aliphatic rings. The quantitative estimate of drug-likeness (QED) is 0.165. The first-order chi connectivity index (χ1) is 19.5. The number of carbonyl (C=O) groups excluding carboxylic acids is 1. The fourth-order valence-corrected chi connectivity index (χ4v) is 10.1. The molecule has 4 N–H and O–H groups in total. The molecular formula is C32H47NO8. The molecule has 9 heteroatoms. The van der Waals surface area contributed by atoms with Gasteiger partial charge in [-0.2, -0.15) is 0 Å². The maximum atomic E-state index is 12.6. The number of aliphatic hydroxyl groups is 4. The molecule has 0 unspecified atom stereocenters. The van der Waals surface area contributed by atoms with Gasteiger partial charge in [0.1, 0.15) is 12.7 Å². The number of fused-ring (bicyclic) bond motifs is 5. The molecule has 12 atom stereocenters. The van der Waals surface area contributed by atoms with Gasteiger partial charge in [-0.1, -0.05) is 13.0 Å². The first-order valence-corrected chi connectivity index (χ1v) is 15.6. The Hall–Kier alpha value is -1.62. The number of nitrogens with zero attached hydrogens (tertiary/aromatic N) is 1. The number of cyclic esters (lactones) is 1. The molecule has 6 rings (SSSR count). The number of aliphatic hydroxyl groups excluding tert-OH is 2. The van der Waals surface area contributed by atoms with Gasteiger partial charge in [-0.25, -0.2) is 4.79 Å². The predicted molar refractivity (Wildman–Crippen MR) is 151 cm³/mol. The fourth-order valence-electron chi connectivity index (χ4n) is 10.1. The molecule has 0 aromatic heterocycles. The number of hydrogen-bond acceptors (Lipinski definition) is 9. The molecule has 0 amide bonds. The SMILES string of the molecule is C=CCN=C[C@]12CC[C@H](O[C@@H]3C[C@H](O)[C@H](O)[C@@H](C)O3)C[C@@]1(O)CC[C@@H]1[C@@H]2CC[C@]2(C)[C@@H](C3=CC(=O)OC3)CC[C@]12O. The Morgan fingerprint density at radius 3 is 2.61 bits per heavy atom. The van der Waals surface area contributed by atoms with E-state index >= 15 is 0 Å². The summed E-state index contributed by atoms with van der Waals surface area (Å²) in [6.07, 6.45) is 8.52. The third kappa shape index (κ3) is 4.49. The van der Waals surface area contributed by atoms with Gasteiger partial charge >= 0.3 is 5.97 Å². The Balaban J connectivity index is 1.26. The lowest BCUT2D eigenvalue weighted by Crippen LogP contribution is -2.69. The van der Waals surface area contributed by atoms with Gasteiger partial charge in [0.2, 0.25) is 0 Å². The highest BCUT2D eigenvalue weighted by Crippen LogP contribution is 2.70. The normalized spacial score (nSPS) is 51.5. The Morgan fingerprint density at radius 2 is 1.90 bits per heavy atom. The topological polar surface area (TPSA) is 138 Å². The van der Waals surface area contributed by atoms with Gasteiger partial charge in [0.05, 0.1) is 36.1 Å². The van der Waals surface area contributed by atoms with E-state index in [1.807, 2.05) is 6.21 Å². The molecule has 2 heterocycles. The van der Waals surface area contributed by atoms with Crippen molar-refractivity contribution in [3.8, 4) is 0 Å². The van der Waals surface area contributed by atoms with Crippen LogP contribution >= 0.6 is 0 Å². The zero-order valence-electron chi connectivity index (χ0n) is 24.4. The third-order valence-corrected chi connectivity index (χ3v) is 12.2. The molecule has 228 valence electrons. The maximum absolute atomic E-state index is 12.6. The highest BCUT2D eigenvalue weighted by molar-refractivity contribution is 5.85. The van der Waals surface area contributed by atoms with Gasteiger partial charge in [-0.05, 0) is 81.6 Å². The van der Waals surface area contributed by atoms with Crippen LogP contribution in [-0.2, 0) is 19.0 Å². The highest BCUT2D eigenvalue weighted by atomic mass is 16.7. The van der Waals surface area contributed by atoms with Crippen LogP contribution in [0.3, 0.4) is 0 Å². The van der Waals surface area contributed by atoms with Gasteiger partial charge in [0, 0.05) is 36.0 Å². The van der Waals surface area contributed by atoms with Gasteiger partial charge in [0.25, 0.3) is 0 Å². The summed E-state index contributed by atoms with van der Waals surface area (Å²) in [4.78, 5) is 16.6. The van der Waals surface area contributed by atoms with Crippen LogP contribution in [0.15, 0.2) is 29.3 Å². The summed E-state index contributed by atoms with van der Waals surface area (Å²) in [5.41, 5.74) is -1.91. The monoisotopic (exact) mass is 573 g/mol. The third-order valence-electron chi connectivity index (χ3n) is 12.2. The first kappa shape index (κ1) is 29.5. The van der Waals surface area contributed by atoms with Crippen LogP contribution < -0.4 is 0 Å². The van der Waals surface area contributed by atoms with Crippen LogP contribution in [0, 0.1) is 28.6 Å². The number of rotatable bonds is 6. The predicted octanol–water partition coefficient (Wildman–Crippen LogP) is 2.84. The number of carbonyl (C=O) groups is 1. The van der Waals surface area contributed by atoms with Crippen molar-refractivity contribution in [1.82, 2.24) is 0 Å². The molecular weight excluding hydrogens is 526 g/mol. The average Bonchev–Trinajstić information content (AvgIpc) is 3.47. The van der Waals surface area contributed by atoms with Crippen molar-refractivity contribution >= 4 is 12.2 Å². The second-order valence-electron chi connectivity index (χ2n) is 14.0. The molecule has 4 aliphatic carbocycles. The van der Waals surface area contributed by atoms with Crippen molar-refractivity contribution in [2.24, 2.45) is 33.6 Å². The average molecular weight is 574 g/mol. The van der Waals surface area contributed by atoms with E-state index in [1.54, 1.807) is 19.1 Å². The van der Waals surface area contributed by atoms with E-state index in [0.717, 1.165) is 24.8 Å². The number of ether oxygens (including phenoxy) is 3. The zero-order chi connectivity index (χ0) is 29.2. The molecule has 4 saturated carbocycles. The zero-order valence-corrected chi connectivity index (χ0v) is 24.4. The summed E-state index contributed by atoms with van der Waals surface area (Å²) >= 11 is 0. The minimum Gasteiger partial charge on any atom is -0.458 e. The van der Waals surface area contributed by atoms with Crippen molar-refractivity contribution in [3.63, 3.8) is 0 Å². The molecule has 9 nitrogen and oxygen atoms in total. The smallest absolute Gasteiger partial charge is 0.331 e. The lowest BCUT2D eigenvalue weighted by molar-refractivity contribution is -0.282. The van der Waals surface area contributed by atoms with E-state index < -0.39 is 41.2 Å². The Labute approximate surface area is 242 Å². The largest absolute Gasteiger partial charge is 0.458 e. The van der Waals surface area contributed by atoms with Crippen molar-refractivity contribution in [2.75, 3.05) is 13.2 Å². The lowest BCUT2D eigenvalue weighted by atomic mass is 9.41. The van der Waals surface area contributed by atoms with E-state index in [1.165, 1.54) is 0 Å². The van der Waals surface area contributed by atoms with E-state index in [4.69, 9.17) is 19.2 Å². The molecule has 2 aliphatic heterocycles. The summed E-state index contributed by atoms with van der Waals surface area (Å²) in [7, 11) is 0. The minimum atomic E-state index is -1.06. The molecule has 0 aromatic rings. The van der Waals surface area contributed by atoms with Crippen molar-refractivity contribution in [2.45, 2.75) is 120 Å². The van der Waals surface area contributed by atoms with Crippen LogP contribution in [0.2, 0.25) is 0 Å². The molecule has 0 bridgehead atoms. The summed E-state index contributed by atoms with van der Waals surface area (Å²) in [6.45, 7) is 8.54. The van der Waals surface area contributed by atoms with Crippen molar-refractivity contribution in [3.05, 3.63) is 24.3 Å². The summed E-state index contributed by atoms with van der Waals surface area (Å²) in [6, 6.07) is 0. The van der Waals surface area contributed by atoms with Gasteiger partial charge in [-0.3, -0.25) is 4.99 Å². The maximum Gasteiger partial charge on any atom is 0.331 e. The summed E-state index contributed by atoms with van der Waals surface area (Å²) < 4.78 is 17.4. The van der Waals surface area contributed by atoms with Gasteiger partial charge in [-0.15, -0.1) is 6.58 Å². The summed E-state index contributed by atoms with van der Waals surface area (Å²) in [5.74, 6) is -0.101. The van der Waals surface area contributed by atoms with E-state index in [-0.39, 0.29) is 41.7 Å². The Kier molecular flexibility index (Phi) is 7.56. The minimum absolute atomic E-state index is 0.0111. The first-order valence-electron chi connectivity index (χ1n) is 15.6. The fraction of sp³-hybridized carbons (Fsp3) is 0.812. The van der Waals surface area contributed by atoms with Crippen LogP contribution in [0.4, 0.5) is 0 Å². The number of hydrogen-bond donors (Lipinski definition) is 4. The number of esters is 1. The Bertz CT molecular complexity index is 1100. The van der Waals surface area contributed by atoms with Crippen LogP contribution in [0.5, 0.6) is 0 Å². The van der Waals surface area contributed by atoms with Crippen LogP contribution in [-0.4, -0.2) is 87.7 Å². The molecule has 0 spiro atoms. The van der Waals surface area contributed by atoms with E-state index in [2.05, 4.69) is 13.5 Å².